The number of ketones is 1. The number of hydrogen-bond donors (Lipinski definition) is 2. The van der Waals surface area contributed by atoms with Gasteiger partial charge >= 0.3 is 0 Å². The van der Waals surface area contributed by atoms with Gasteiger partial charge in [-0.15, -0.1) is 12.4 Å². The van der Waals surface area contributed by atoms with Gasteiger partial charge in [-0.05, 0) is 50.5 Å². The average molecular weight is 371 g/mol. The van der Waals surface area contributed by atoms with Crippen LogP contribution in [-0.4, -0.2) is 30.4 Å². The molecule has 0 aliphatic carbocycles. The molecule has 0 aromatic heterocycles. The molecule has 0 bridgehead atoms. The van der Waals surface area contributed by atoms with Gasteiger partial charge in [0.15, 0.2) is 5.78 Å². The van der Waals surface area contributed by atoms with Crippen molar-refractivity contribution in [3.63, 3.8) is 0 Å². The van der Waals surface area contributed by atoms with E-state index in [2.05, 4.69) is 19.2 Å². The molecule has 0 saturated carbocycles. The lowest BCUT2D eigenvalue weighted by molar-refractivity contribution is -0.122. The summed E-state index contributed by atoms with van der Waals surface area (Å²) in [6.45, 7) is 9.00. The minimum Gasteiger partial charge on any atom is -0.494 e. The van der Waals surface area contributed by atoms with Crippen LogP contribution in [0.15, 0.2) is 24.3 Å². The lowest BCUT2D eigenvalue weighted by Crippen LogP contribution is -2.52. The summed E-state index contributed by atoms with van der Waals surface area (Å²) >= 11 is 0. The van der Waals surface area contributed by atoms with E-state index in [1.807, 2.05) is 13.8 Å². The zero-order valence-corrected chi connectivity index (χ0v) is 16.4. The zero-order chi connectivity index (χ0) is 18.2. The minimum atomic E-state index is -0.423. The second kappa shape index (κ2) is 11.1. The van der Waals surface area contributed by atoms with Gasteiger partial charge in [-0.2, -0.15) is 0 Å². The Kier molecular flexibility index (Phi) is 10.4. The monoisotopic (exact) mass is 370 g/mol. The van der Waals surface area contributed by atoms with Crippen LogP contribution >= 0.6 is 12.4 Å². The Morgan fingerprint density at radius 1 is 1.20 bits per heavy atom. The van der Waals surface area contributed by atoms with E-state index in [1.165, 1.54) is 0 Å². The van der Waals surface area contributed by atoms with Crippen LogP contribution in [-0.2, 0) is 4.79 Å². The quantitative estimate of drug-likeness (QED) is 0.619. The highest BCUT2D eigenvalue weighted by Gasteiger charge is 2.25. The number of Topliss-reactive ketones (excluding diaryl/α,β-unsaturated/α-hetero) is 1. The number of amides is 1. The molecule has 3 N–H and O–H groups in total. The predicted molar refractivity (Wildman–Crippen MR) is 103 cm³/mol. The SMILES string of the molecule is CCOc1ccc(C(=O)CCC(=O)NC(C)(CN)CC(C)C)cc1.Cl. The van der Waals surface area contributed by atoms with Crippen molar-refractivity contribution in [1.82, 2.24) is 5.32 Å². The molecule has 25 heavy (non-hydrogen) atoms. The number of halogens is 1. The molecule has 5 nitrogen and oxygen atoms in total. The molecule has 0 aliphatic heterocycles. The van der Waals surface area contributed by atoms with Gasteiger partial charge in [0.1, 0.15) is 5.75 Å². The second-order valence-electron chi connectivity index (χ2n) is 6.79. The van der Waals surface area contributed by atoms with Gasteiger partial charge in [-0.3, -0.25) is 9.59 Å². The fourth-order valence-electron chi connectivity index (χ4n) is 2.76. The van der Waals surface area contributed by atoms with E-state index in [0.717, 1.165) is 12.2 Å². The van der Waals surface area contributed by atoms with Crippen molar-refractivity contribution < 1.29 is 14.3 Å². The molecule has 0 aliphatic rings. The Hall–Kier alpha value is -1.59. The molecule has 0 fully saturated rings. The summed E-state index contributed by atoms with van der Waals surface area (Å²) < 4.78 is 5.35. The van der Waals surface area contributed by atoms with Crippen molar-refractivity contribution in [2.24, 2.45) is 11.7 Å². The number of rotatable bonds is 10. The Labute approximate surface area is 157 Å². The van der Waals surface area contributed by atoms with Gasteiger partial charge in [-0.1, -0.05) is 13.8 Å². The van der Waals surface area contributed by atoms with Crippen molar-refractivity contribution in [3.8, 4) is 5.75 Å². The van der Waals surface area contributed by atoms with E-state index in [9.17, 15) is 9.59 Å². The fraction of sp³-hybridized carbons (Fsp3) is 0.579. The summed E-state index contributed by atoms with van der Waals surface area (Å²) in [5.74, 6) is 0.984. The van der Waals surface area contributed by atoms with Gasteiger partial charge in [0.2, 0.25) is 5.91 Å². The molecular weight excluding hydrogens is 340 g/mol. The van der Waals surface area contributed by atoms with Gasteiger partial charge in [0, 0.05) is 30.5 Å². The molecule has 1 aromatic rings. The zero-order valence-electron chi connectivity index (χ0n) is 15.6. The third kappa shape index (κ3) is 8.36. The third-order valence-electron chi connectivity index (χ3n) is 3.82. The second-order valence-corrected chi connectivity index (χ2v) is 6.79. The van der Waals surface area contributed by atoms with E-state index in [-0.39, 0.29) is 36.9 Å². The highest BCUT2D eigenvalue weighted by molar-refractivity contribution is 5.98. The predicted octanol–water partition coefficient (Wildman–Crippen LogP) is 3.35. The smallest absolute Gasteiger partial charge is 0.220 e. The molecule has 6 heteroatoms. The average Bonchev–Trinajstić information content (AvgIpc) is 2.53. The summed E-state index contributed by atoms with van der Waals surface area (Å²) in [5.41, 5.74) is 5.97. The van der Waals surface area contributed by atoms with Gasteiger partial charge < -0.3 is 15.8 Å². The molecule has 1 amide bonds. The fourth-order valence-corrected chi connectivity index (χ4v) is 2.76. The lowest BCUT2D eigenvalue weighted by atomic mass is 9.90. The van der Waals surface area contributed by atoms with E-state index >= 15 is 0 Å². The summed E-state index contributed by atoms with van der Waals surface area (Å²) in [7, 11) is 0. The van der Waals surface area contributed by atoms with Crippen molar-refractivity contribution in [2.75, 3.05) is 13.2 Å². The standard InChI is InChI=1S/C19H30N2O3.ClH/c1-5-24-16-8-6-15(7-9-16)17(22)10-11-18(23)21-19(4,13-20)12-14(2)3;/h6-9,14H,5,10-13,20H2,1-4H3,(H,21,23);1H. The van der Waals surface area contributed by atoms with Crippen LogP contribution in [0.2, 0.25) is 0 Å². The maximum Gasteiger partial charge on any atom is 0.220 e. The van der Waals surface area contributed by atoms with Crippen LogP contribution < -0.4 is 15.8 Å². The molecule has 1 unspecified atom stereocenters. The number of nitrogens with two attached hydrogens (primary N) is 1. The van der Waals surface area contributed by atoms with Crippen molar-refractivity contribution in [1.29, 1.82) is 0 Å². The number of benzene rings is 1. The molecule has 1 rings (SSSR count). The maximum absolute atomic E-state index is 12.2. The van der Waals surface area contributed by atoms with Gasteiger partial charge in [0.05, 0.1) is 6.61 Å². The third-order valence-corrected chi connectivity index (χ3v) is 3.82. The summed E-state index contributed by atoms with van der Waals surface area (Å²) in [5, 5.41) is 2.97. The first kappa shape index (κ1) is 23.4. The van der Waals surface area contributed by atoms with Crippen LogP contribution in [0.4, 0.5) is 0 Å². The molecule has 1 aromatic carbocycles. The normalized spacial score (nSPS) is 12.9. The number of nitrogens with one attached hydrogen (secondary N) is 1. The summed E-state index contributed by atoms with van der Waals surface area (Å²) in [6, 6.07) is 7.00. The van der Waals surface area contributed by atoms with Crippen LogP contribution in [0.1, 0.15) is 57.3 Å². The number of carbonyl (C=O) groups is 2. The van der Waals surface area contributed by atoms with Crippen molar-refractivity contribution in [3.05, 3.63) is 29.8 Å². The lowest BCUT2D eigenvalue weighted by Gasteiger charge is -2.31. The Morgan fingerprint density at radius 2 is 1.80 bits per heavy atom. The molecule has 0 saturated heterocycles. The first-order chi connectivity index (χ1) is 11.3. The van der Waals surface area contributed by atoms with Crippen molar-refractivity contribution in [2.45, 2.75) is 52.5 Å². The number of ether oxygens (including phenoxy) is 1. The van der Waals surface area contributed by atoms with E-state index in [0.29, 0.717) is 24.6 Å². The molecule has 1 atom stereocenters. The molecule has 142 valence electrons. The topological polar surface area (TPSA) is 81.4 Å². The van der Waals surface area contributed by atoms with E-state index in [1.54, 1.807) is 24.3 Å². The largest absolute Gasteiger partial charge is 0.494 e. The Bertz CT molecular complexity index is 546. The number of hydrogen-bond acceptors (Lipinski definition) is 4. The summed E-state index contributed by atoms with van der Waals surface area (Å²) in [6.07, 6.45) is 1.16. The van der Waals surface area contributed by atoms with Crippen LogP contribution in [0, 0.1) is 5.92 Å². The first-order valence-electron chi connectivity index (χ1n) is 8.56. The van der Waals surface area contributed by atoms with E-state index in [4.69, 9.17) is 10.5 Å². The Morgan fingerprint density at radius 3 is 2.28 bits per heavy atom. The van der Waals surface area contributed by atoms with Crippen LogP contribution in [0.5, 0.6) is 5.75 Å². The Balaban J connectivity index is 0.00000576. The maximum atomic E-state index is 12.2. The van der Waals surface area contributed by atoms with E-state index < -0.39 is 5.54 Å². The molecule has 0 spiro atoms. The number of carbonyl (C=O) groups excluding carboxylic acids is 2. The minimum absolute atomic E-state index is 0. The van der Waals surface area contributed by atoms with Gasteiger partial charge in [0.25, 0.3) is 0 Å². The highest BCUT2D eigenvalue weighted by atomic mass is 35.5. The van der Waals surface area contributed by atoms with Crippen molar-refractivity contribution >= 4 is 24.1 Å². The van der Waals surface area contributed by atoms with Crippen LogP contribution in [0.3, 0.4) is 0 Å². The summed E-state index contributed by atoms with van der Waals surface area (Å²) in [4.78, 5) is 24.3. The van der Waals surface area contributed by atoms with Crippen LogP contribution in [0.25, 0.3) is 0 Å². The molecular formula is C19H31ClN2O3. The highest BCUT2D eigenvalue weighted by Crippen LogP contribution is 2.17. The molecule has 0 radical (unpaired) electrons. The first-order valence-corrected chi connectivity index (χ1v) is 8.56. The van der Waals surface area contributed by atoms with Gasteiger partial charge in [-0.25, -0.2) is 0 Å². The molecule has 0 heterocycles.